The molecule has 28 heavy (non-hydrogen) atoms. The summed E-state index contributed by atoms with van der Waals surface area (Å²) in [6.07, 6.45) is -0.103. The van der Waals surface area contributed by atoms with Gasteiger partial charge in [0, 0.05) is 5.56 Å². The van der Waals surface area contributed by atoms with Gasteiger partial charge in [0.05, 0.1) is 17.8 Å². The molecule has 3 rings (SSSR count). The Kier molecular flexibility index (Phi) is 4.94. The smallest absolute Gasteiger partial charge is 0.411 e. The summed E-state index contributed by atoms with van der Waals surface area (Å²) < 4.78 is 18.3. The summed E-state index contributed by atoms with van der Waals surface area (Å²) in [4.78, 5) is 15.4. The Balaban J connectivity index is 2.15. The Hall–Kier alpha value is -1.82. The molecule has 0 spiro atoms. The number of hydrogen-bond acceptors (Lipinski definition) is 7. The van der Waals surface area contributed by atoms with Crippen LogP contribution in [0, 0.1) is 11.3 Å². The molecule has 2 aliphatic heterocycles. The highest BCUT2D eigenvalue weighted by molar-refractivity contribution is 7.11. The monoisotopic (exact) mass is 407 g/mol. The van der Waals surface area contributed by atoms with Crippen molar-refractivity contribution in [3.63, 3.8) is 0 Å². The lowest BCUT2D eigenvalue weighted by Crippen LogP contribution is -2.45. The van der Waals surface area contributed by atoms with Gasteiger partial charge in [0.25, 0.3) is 0 Å². The zero-order valence-electron chi connectivity index (χ0n) is 17.5. The number of rotatable bonds is 2. The fourth-order valence-corrected chi connectivity index (χ4v) is 5.22. The SMILES string of the molecule is CC[C@@H]1[C@H]2OC(C)(C)O[C@@]2(C)[C@H](c2csc(C#N)c2N)N1C(=O)OC(C)(C)C. The third kappa shape index (κ3) is 3.25. The predicted octanol–water partition coefficient (Wildman–Crippen LogP) is 4.18. The molecular formula is C20H29N3O4S. The summed E-state index contributed by atoms with van der Waals surface area (Å²) in [6.45, 7) is 13.2. The Morgan fingerprint density at radius 1 is 1.43 bits per heavy atom. The number of likely N-dealkylation sites (tertiary alicyclic amines) is 1. The van der Waals surface area contributed by atoms with Gasteiger partial charge in [-0.1, -0.05) is 6.92 Å². The average molecular weight is 408 g/mol. The van der Waals surface area contributed by atoms with E-state index in [0.29, 0.717) is 22.5 Å². The molecule has 0 unspecified atom stereocenters. The standard InChI is InChI=1S/C20H29N3O4S/c1-8-12-16-20(7,27-19(5,6)25-16)15(11-10-28-13(9-21)14(11)22)23(12)17(24)26-18(2,3)4/h10,12,15-16H,8,22H2,1-7H3/t12-,15+,16-,20+/m1/s1. The lowest BCUT2D eigenvalue weighted by atomic mass is 9.88. The van der Waals surface area contributed by atoms with Crippen LogP contribution < -0.4 is 5.73 Å². The number of nitrogens with zero attached hydrogens (tertiary/aromatic N) is 2. The first kappa shape index (κ1) is 20.9. The van der Waals surface area contributed by atoms with Crippen LogP contribution in [0.1, 0.15) is 71.4 Å². The second-order valence-electron chi connectivity index (χ2n) is 9.04. The molecule has 1 aromatic rings. The molecule has 2 aliphatic rings. The van der Waals surface area contributed by atoms with E-state index in [9.17, 15) is 10.1 Å². The third-order valence-corrected chi connectivity index (χ3v) is 6.17. The molecule has 8 heteroatoms. The molecule has 4 atom stereocenters. The minimum Gasteiger partial charge on any atom is -0.444 e. The van der Waals surface area contributed by atoms with Crippen LogP contribution in [0.5, 0.6) is 0 Å². The number of carbonyl (C=O) groups is 1. The third-order valence-electron chi connectivity index (χ3n) is 5.25. The second kappa shape index (κ2) is 6.61. The topological polar surface area (TPSA) is 97.8 Å². The van der Waals surface area contributed by atoms with E-state index in [1.54, 1.807) is 4.90 Å². The van der Waals surface area contributed by atoms with Crippen molar-refractivity contribution in [2.45, 2.75) is 90.1 Å². The Morgan fingerprint density at radius 2 is 2.07 bits per heavy atom. The molecule has 1 aromatic heterocycles. The van der Waals surface area contributed by atoms with E-state index in [1.807, 2.05) is 53.8 Å². The summed E-state index contributed by atoms with van der Waals surface area (Å²) >= 11 is 1.27. The lowest BCUT2D eigenvalue weighted by Gasteiger charge is -2.37. The summed E-state index contributed by atoms with van der Waals surface area (Å²) in [7, 11) is 0. The Bertz CT molecular complexity index is 822. The van der Waals surface area contributed by atoms with Crippen LogP contribution in [0.2, 0.25) is 0 Å². The van der Waals surface area contributed by atoms with Crippen molar-refractivity contribution in [2.24, 2.45) is 0 Å². The van der Waals surface area contributed by atoms with Gasteiger partial charge in [-0.05, 0) is 53.3 Å². The minimum atomic E-state index is -0.816. The molecule has 154 valence electrons. The molecule has 0 aromatic carbocycles. The second-order valence-corrected chi connectivity index (χ2v) is 9.92. The summed E-state index contributed by atoms with van der Waals surface area (Å²) in [5, 5.41) is 11.2. The van der Waals surface area contributed by atoms with Gasteiger partial charge in [0.2, 0.25) is 0 Å². The minimum absolute atomic E-state index is 0.239. The first-order valence-corrected chi connectivity index (χ1v) is 10.4. The molecule has 2 saturated heterocycles. The van der Waals surface area contributed by atoms with Crippen LogP contribution in [0.15, 0.2) is 5.38 Å². The first-order chi connectivity index (χ1) is 12.8. The number of nitrogen functional groups attached to an aromatic ring is 1. The fraction of sp³-hybridized carbons (Fsp3) is 0.700. The maximum atomic E-state index is 13.2. The number of carbonyl (C=O) groups excluding carboxylic acids is 1. The highest BCUT2D eigenvalue weighted by atomic mass is 32.1. The molecule has 7 nitrogen and oxygen atoms in total. The largest absolute Gasteiger partial charge is 0.444 e. The molecule has 0 bridgehead atoms. The van der Waals surface area contributed by atoms with Gasteiger partial charge in [-0.15, -0.1) is 11.3 Å². The first-order valence-electron chi connectivity index (χ1n) is 9.51. The number of nitrogens with two attached hydrogens (primary N) is 1. The maximum Gasteiger partial charge on any atom is 0.411 e. The van der Waals surface area contributed by atoms with Crippen LogP contribution >= 0.6 is 11.3 Å². The predicted molar refractivity (Wildman–Crippen MR) is 107 cm³/mol. The van der Waals surface area contributed by atoms with E-state index < -0.39 is 29.1 Å². The van der Waals surface area contributed by atoms with Gasteiger partial charge in [-0.2, -0.15) is 5.26 Å². The number of hydrogen-bond donors (Lipinski definition) is 1. The number of amides is 1. The van der Waals surface area contributed by atoms with Gasteiger partial charge >= 0.3 is 6.09 Å². The van der Waals surface area contributed by atoms with Crippen molar-refractivity contribution in [1.82, 2.24) is 4.90 Å². The Morgan fingerprint density at radius 3 is 2.57 bits per heavy atom. The molecule has 0 aliphatic carbocycles. The van der Waals surface area contributed by atoms with Crippen LogP contribution in [0.25, 0.3) is 0 Å². The van der Waals surface area contributed by atoms with Gasteiger partial charge < -0.3 is 19.9 Å². The van der Waals surface area contributed by atoms with E-state index in [4.69, 9.17) is 19.9 Å². The van der Waals surface area contributed by atoms with E-state index in [2.05, 4.69) is 6.07 Å². The van der Waals surface area contributed by atoms with Crippen LogP contribution in [0.4, 0.5) is 10.5 Å². The van der Waals surface area contributed by atoms with Gasteiger partial charge in [0.15, 0.2) is 5.79 Å². The normalized spacial score (nSPS) is 31.5. The highest BCUT2D eigenvalue weighted by Gasteiger charge is 2.67. The van der Waals surface area contributed by atoms with Crippen molar-refractivity contribution in [1.29, 1.82) is 5.26 Å². The van der Waals surface area contributed by atoms with Gasteiger partial charge in [-0.3, -0.25) is 4.90 Å². The average Bonchev–Trinajstić information content (AvgIpc) is 3.09. The van der Waals surface area contributed by atoms with Crippen molar-refractivity contribution in [2.75, 3.05) is 5.73 Å². The lowest BCUT2D eigenvalue weighted by molar-refractivity contribution is -0.182. The van der Waals surface area contributed by atoms with Crippen LogP contribution in [-0.4, -0.2) is 40.1 Å². The van der Waals surface area contributed by atoms with Crippen LogP contribution in [0.3, 0.4) is 0 Å². The molecule has 3 heterocycles. The molecule has 0 radical (unpaired) electrons. The zero-order chi connectivity index (χ0) is 21.1. The Labute approximate surface area is 170 Å². The molecule has 2 fully saturated rings. The van der Waals surface area contributed by atoms with Crippen molar-refractivity contribution >= 4 is 23.1 Å². The highest BCUT2D eigenvalue weighted by Crippen LogP contribution is 2.56. The van der Waals surface area contributed by atoms with Crippen LogP contribution in [-0.2, 0) is 14.2 Å². The van der Waals surface area contributed by atoms with Gasteiger partial charge in [0.1, 0.15) is 28.3 Å². The summed E-state index contributed by atoms with van der Waals surface area (Å²) in [5.41, 5.74) is 5.93. The van der Waals surface area contributed by atoms with Crippen molar-refractivity contribution in [3.05, 3.63) is 15.8 Å². The molecular weight excluding hydrogens is 378 g/mol. The van der Waals surface area contributed by atoms with E-state index in [0.717, 1.165) is 0 Å². The summed E-state index contributed by atoms with van der Waals surface area (Å²) in [5.74, 6) is -0.784. The molecule has 2 N–H and O–H groups in total. The van der Waals surface area contributed by atoms with E-state index in [-0.39, 0.29) is 12.1 Å². The van der Waals surface area contributed by atoms with Gasteiger partial charge in [-0.25, -0.2) is 4.79 Å². The molecule has 0 saturated carbocycles. The number of thiophene rings is 1. The number of anilines is 1. The van der Waals surface area contributed by atoms with Crippen molar-refractivity contribution in [3.8, 4) is 6.07 Å². The maximum absolute atomic E-state index is 13.2. The van der Waals surface area contributed by atoms with Crippen molar-refractivity contribution < 1.29 is 19.0 Å². The summed E-state index contributed by atoms with van der Waals surface area (Å²) in [6, 6.07) is 1.37. The number of nitriles is 1. The molecule has 1 amide bonds. The van der Waals surface area contributed by atoms with E-state index >= 15 is 0 Å². The zero-order valence-corrected chi connectivity index (χ0v) is 18.3. The number of ether oxygens (including phenoxy) is 3. The van der Waals surface area contributed by atoms with E-state index in [1.165, 1.54) is 11.3 Å². The number of fused-ring (bicyclic) bond motifs is 1. The fourth-order valence-electron chi connectivity index (χ4n) is 4.42. The quantitative estimate of drug-likeness (QED) is 0.790.